The fraction of sp³-hybridized carbons (Fsp3) is 0.333. The quantitative estimate of drug-likeness (QED) is 0.771. The maximum atomic E-state index is 11.5. The van der Waals surface area contributed by atoms with E-state index in [4.69, 9.17) is 15.2 Å². The van der Waals surface area contributed by atoms with Gasteiger partial charge in [-0.3, -0.25) is 4.79 Å². The molecule has 5 heteroatoms. The highest BCUT2D eigenvalue weighted by atomic mass is 16.6. The van der Waals surface area contributed by atoms with Gasteiger partial charge >= 0.3 is 5.97 Å². The topological polar surface area (TPSA) is 78.6 Å². The molecule has 1 aromatic rings. The van der Waals surface area contributed by atoms with Crippen molar-refractivity contribution >= 4 is 11.9 Å². The molecule has 0 aliphatic rings. The van der Waals surface area contributed by atoms with Gasteiger partial charge in [0.15, 0.2) is 12.2 Å². The van der Waals surface area contributed by atoms with Gasteiger partial charge < -0.3 is 15.2 Å². The Hall–Kier alpha value is -2.04. The number of amides is 1. The highest BCUT2D eigenvalue weighted by Gasteiger charge is 2.21. The summed E-state index contributed by atoms with van der Waals surface area (Å²) in [6, 6.07) is 8.87. The van der Waals surface area contributed by atoms with E-state index in [1.807, 2.05) is 6.07 Å². The van der Waals surface area contributed by atoms with Crippen LogP contribution >= 0.6 is 0 Å². The van der Waals surface area contributed by atoms with Gasteiger partial charge in [0.05, 0.1) is 0 Å². The van der Waals surface area contributed by atoms with Crippen molar-refractivity contribution in [3.05, 3.63) is 30.3 Å². The zero-order chi connectivity index (χ0) is 12.8. The Labute approximate surface area is 99.5 Å². The molecule has 0 aliphatic carbocycles. The van der Waals surface area contributed by atoms with Crippen molar-refractivity contribution < 1.29 is 19.1 Å². The lowest BCUT2D eigenvalue weighted by Crippen LogP contribution is -2.35. The minimum absolute atomic E-state index is 0.559. The summed E-state index contributed by atoms with van der Waals surface area (Å²) in [5.41, 5.74) is 4.98. The van der Waals surface area contributed by atoms with E-state index in [9.17, 15) is 9.59 Å². The van der Waals surface area contributed by atoms with Gasteiger partial charge in [-0.05, 0) is 26.0 Å². The molecule has 2 N–H and O–H groups in total. The van der Waals surface area contributed by atoms with E-state index >= 15 is 0 Å². The lowest BCUT2D eigenvalue weighted by molar-refractivity contribution is -0.159. The first-order valence-electron chi connectivity index (χ1n) is 5.22. The fourth-order valence-electron chi connectivity index (χ4n) is 1.08. The number of hydrogen-bond acceptors (Lipinski definition) is 4. The normalized spacial score (nSPS) is 13.5. The Morgan fingerprint density at radius 3 is 2.24 bits per heavy atom. The van der Waals surface area contributed by atoms with Gasteiger partial charge in [-0.2, -0.15) is 0 Å². The number of para-hydroxylation sites is 1. The van der Waals surface area contributed by atoms with Crippen LogP contribution in [-0.4, -0.2) is 24.1 Å². The number of hydrogen-bond donors (Lipinski definition) is 1. The van der Waals surface area contributed by atoms with Gasteiger partial charge in [0.2, 0.25) is 0 Å². The molecular formula is C12H15NO4. The SMILES string of the molecule is C[C@H](OC(=O)[C@H](C)Oc1ccccc1)C(N)=O. The number of ether oxygens (including phenoxy) is 2. The number of primary amides is 1. The number of benzene rings is 1. The molecule has 1 rings (SSSR count). The van der Waals surface area contributed by atoms with Gasteiger partial charge in [-0.1, -0.05) is 18.2 Å². The van der Waals surface area contributed by atoms with Crippen molar-refractivity contribution in [3.63, 3.8) is 0 Å². The molecule has 0 aromatic heterocycles. The Balaban J connectivity index is 2.50. The third-order valence-electron chi connectivity index (χ3n) is 2.08. The van der Waals surface area contributed by atoms with E-state index in [1.165, 1.54) is 6.92 Å². The molecule has 0 unspecified atom stereocenters. The minimum atomic E-state index is -0.954. The maximum Gasteiger partial charge on any atom is 0.347 e. The van der Waals surface area contributed by atoms with Gasteiger partial charge in [-0.25, -0.2) is 4.79 Å². The summed E-state index contributed by atoms with van der Waals surface area (Å²) < 4.78 is 10.1. The molecule has 0 saturated heterocycles. The summed E-state index contributed by atoms with van der Waals surface area (Å²) in [6.45, 7) is 2.96. The second-order valence-electron chi connectivity index (χ2n) is 3.55. The fourth-order valence-corrected chi connectivity index (χ4v) is 1.08. The van der Waals surface area contributed by atoms with Crippen LogP contribution in [0.15, 0.2) is 30.3 Å². The van der Waals surface area contributed by atoms with Crippen LogP contribution in [0.2, 0.25) is 0 Å². The Bertz CT molecular complexity index is 391. The lowest BCUT2D eigenvalue weighted by Gasteiger charge is -2.16. The first-order chi connectivity index (χ1) is 8.00. The number of esters is 1. The van der Waals surface area contributed by atoms with Crippen molar-refractivity contribution in [2.75, 3.05) is 0 Å². The largest absolute Gasteiger partial charge is 0.479 e. The van der Waals surface area contributed by atoms with Crippen LogP contribution in [0.1, 0.15) is 13.8 Å². The van der Waals surface area contributed by atoms with Crippen molar-refractivity contribution in [3.8, 4) is 5.75 Å². The molecule has 92 valence electrons. The van der Waals surface area contributed by atoms with Crippen molar-refractivity contribution in [2.45, 2.75) is 26.1 Å². The van der Waals surface area contributed by atoms with E-state index in [0.717, 1.165) is 0 Å². The molecule has 0 heterocycles. The standard InChI is InChI=1S/C12H15NO4/c1-8(11(13)14)17-12(15)9(2)16-10-6-4-3-5-7-10/h3-9H,1-2H3,(H2,13,14)/t8-,9-/m0/s1. The number of carbonyl (C=O) groups is 2. The van der Waals surface area contributed by atoms with Crippen LogP contribution in [0.4, 0.5) is 0 Å². The minimum Gasteiger partial charge on any atom is -0.479 e. The summed E-state index contributed by atoms with van der Waals surface area (Å²) in [4.78, 5) is 22.2. The van der Waals surface area contributed by atoms with Gasteiger partial charge in [0, 0.05) is 0 Å². The molecular weight excluding hydrogens is 222 g/mol. The first kappa shape index (κ1) is 13.0. The van der Waals surface area contributed by atoms with Gasteiger partial charge in [-0.15, -0.1) is 0 Å². The predicted molar refractivity (Wildman–Crippen MR) is 61.3 cm³/mol. The van der Waals surface area contributed by atoms with Crippen LogP contribution in [0, 0.1) is 0 Å². The molecule has 1 amide bonds. The molecule has 0 saturated carbocycles. The van der Waals surface area contributed by atoms with Crippen LogP contribution in [0.3, 0.4) is 0 Å². The van der Waals surface area contributed by atoms with E-state index in [2.05, 4.69) is 0 Å². The first-order valence-corrected chi connectivity index (χ1v) is 5.22. The summed E-state index contributed by atoms with van der Waals surface area (Å²) in [5.74, 6) is -0.755. The van der Waals surface area contributed by atoms with Crippen molar-refractivity contribution in [1.82, 2.24) is 0 Å². The highest BCUT2D eigenvalue weighted by molar-refractivity contribution is 5.83. The van der Waals surface area contributed by atoms with Gasteiger partial charge in [0.1, 0.15) is 5.75 Å². The lowest BCUT2D eigenvalue weighted by atomic mass is 10.3. The Morgan fingerprint density at radius 1 is 1.12 bits per heavy atom. The third kappa shape index (κ3) is 4.14. The third-order valence-corrected chi connectivity index (χ3v) is 2.08. The van der Waals surface area contributed by atoms with Gasteiger partial charge in [0.25, 0.3) is 5.91 Å². The zero-order valence-corrected chi connectivity index (χ0v) is 9.75. The van der Waals surface area contributed by atoms with E-state index < -0.39 is 24.1 Å². The Kier molecular flexibility index (Phi) is 4.51. The van der Waals surface area contributed by atoms with E-state index in [0.29, 0.717) is 5.75 Å². The highest BCUT2D eigenvalue weighted by Crippen LogP contribution is 2.11. The summed E-state index contributed by atoms with van der Waals surface area (Å²) in [5, 5.41) is 0. The second-order valence-corrected chi connectivity index (χ2v) is 3.55. The summed E-state index contributed by atoms with van der Waals surface area (Å²) in [6.07, 6.45) is -1.75. The molecule has 2 atom stereocenters. The van der Waals surface area contributed by atoms with E-state index in [-0.39, 0.29) is 0 Å². The average Bonchev–Trinajstić information content (AvgIpc) is 2.29. The predicted octanol–water partition coefficient (Wildman–Crippen LogP) is 0.871. The van der Waals surface area contributed by atoms with Crippen LogP contribution < -0.4 is 10.5 Å². The number of rotatable bonds is 5. The molecule has 1 aromatic carbocycles. The van der Waals surface area contributed by atoms with Crippen molar-refractivity contribution in [1.29, 1.82) is 0 Å². The van der Waals surface area contributed by atoms with Crippen molar-refractivity contribution in [2.24, 2.45) is 5.73 Å². The number of carbonyl (C=O) groups excluding carboxylic acids is 2. The molecule has 0 fully saturated rings. The monoisotopic (exact) mass is 237 g/mol. The molecule has 0 aliphatic heterocycles. The summed E-state index contributed by atoms with van der Waals surface area (Å²) in [7, 11) is 0. The molecule has 17 heavy (non-hydrogen) atoms. The number of nitrogens with two attached hydrogens (primary N) is 1. The Morgan fingerprint density at radius 2 is 1.71 bits per heavy atom. The van der Waals surface area contributed by atoms with E-state index in [1.54, 1.807) is 31.2 Å². The maximum absolute atomic E-state index is 11.5. The molecule has 0 radical (unpaired) electrons. The van der Waals surface area contributed by atoms with Crippen LogP contribution in [0.25, 0.3) is 0 Å². The molecule has 0 bridgehead atoms. The second kappa shape index (κ2) is 5.89. The van der Waals surface area contributed by atoms with Crippen LogP contribution in [0.5, 0.6) is 5.75 Å². The molecule has 0 spiro atoms. The summed E-state index contributed by atoms with van der Waals surface area (Å²) >= 11 is 0. The smallest absolute Gasteiger partial charge is 0.347 e. The molecule has 5 nitrogen and oxygen atoms in total. The average molecular weight is 237 g/mol. The van der Waals surface area contributed by atoms with Crippen LogP contribution in [-0.2, 0) is 14.3 Å². The zero-order valence-electron chi connectivity index (χ0n) is 9.75.